The van der Waals surface area contributed by atoms with Gasteiger partial charge in [0.25, 0.3) is 5.91 Å². The molecule has 0 bridgehead atoms. The van der Waals surface area contributed by atoms with Crippen LogP contribution < -0.4 is 0 Å². The van der Waals surface area contributed by atoms with Gasteiger partial charge in [-0.1, -0.05) is 25.1 Å². The van der Waals surface area contributed by atoms with E-state index in [1.165, 1.54) is 0 Å². The topological polar surface area (TPSA) is 53.4 Å². The largest absolute Gasteiger partial charge is 0.390 e. The first-order valence-electron chi connectivity index (χ1n) is 8.81. The molecule has 0 aliphatic heterocycles. The Kier molecular flexibility index (Phi) is 6.32. The zero-order valence-corrected chi connectivity index (χ0v) is 15.6. The Balaban J connectivity index is 2.08. The van der Waals surface area contributed by atoms with Crippen molar-refractivity contribution in [3.05, 3.63) is 65.5 Å². The van der Waals surface area contributed by atoms with Crippen molar-refractivity contribution in [3.63, 3.8) is 0 Å². The maximum Gasteiger partial charge on any atom is 0.254 e. The average molecular weight is 340 g/mol. The highest BCUT2D eigenvalue weighted by Gasteiger charge is 2.22. The molecule has 1 N–H and O–H groups in total. The van der Waals surface area contributed by atoms with Crippen molar-refractivity contribution in [2.24, 2.45) is 0 Å². The summed E-state index contributed by atoms with van der Waals surface area (Å²) in [7, 11) is 1.83. The van der Waals surface area contributed by atoms with Crippen LogP contribution in [0.4, 0.5) is 0 Å². The summed E-state index contributed by atoms with van der Waals surface area (Å²) in [5, 5.41) is 9.82. The van der Waals surface area contributed by atoms with Crippen molar-refractivity contribution in [3.8, 4) is 0 Å². The minimum absolute atomic E-state index is 0.00783. The number of amides is 1. The Morgan fingerprint density at radius 3 is 2.40 bits per heavy atom. The van der Waals surface area contributed by atoms with Crippen molar-refractivity contribution in [2.75, 3.05) is 7.05 Å². The van der Waals surface area contributed by atoms with Crippen LogP contribution in [0.2, 0.25) is 0 Å². The van der Waals surface area contributed by atoms with E-state index >= 15 is 0 Å². The minimum atomic E-state index is -0.675. The van der Waals surface area contributed by atoms with Gasteiger partial charge < -0.3 is 10.0 Å². The van der Waals surface area contributed by atoms with Crippen molar-refractivity contribution < 1.29 is 9.90 Å². The van der Waals surface area contributed by atoms with Gasteiger partial charge in [0.05, 0.1) is 17.3 Å². The number of hydrogen-bond acceptors (Lipinski definition) is 3. The first-order valence-corrected chi connectivity index (χ1v) is 8.81. The SMILES string of the molecule is CC[C@@H](c1ccccn1)N(C)C(=O)c1ccc(CCC(C)(C)O)cc1. The minimum Gasteiger partial charge on any atom is -0.390 e. The Bertz CT molecular complexity index is 675. The molecule has 0 aliphatic rings. The molecule has 0 spiro atoms. The molecule has 134 valence electrons. The summed E-state index contributed by atoms with van der Waals surface area (Å²) in [6.07, 6.45) is 4.05. The maximum atomic E-state index is 12.8. The molecule has 1 heterocycles. The zero-order valence-electron chi connectivity index (χ0n) is 15.6. The van der Waals surface area contributed by atoms with Gasteiger partial charge in [-0.3, -0.25) is 9.78 Å². The third-order valence-corrected chi connectivity index (χ3v) is 4.43. The highest BCUT2D eigenvalue weighted by atomic mass is 16.3. The molecule has 1 aromatic heterocycles. The van der Waals surface area contributed by atoms with Gasteiger partial charge in [0.15, 0.2) is 0 Å². The van der Waals surface area contributed by atoms with Gasteiger partial charge in [0.1, 0.15) is 0 Å². The summed E-state index contributed by atoms with van der Waals surface area (Å²) in [5.41, 5.74) is 2.02. The van der Waals surface area contributed by atoms with Gasteiger partial charge in [-0.05, 0) is 62.9 Å². The molecule has 0 aliphatic carbocycles. The highest BCUT2D eigenvalue weighted by molar-refractivity contribution is 5.94. The molecule has 0 saturated carbocycles. The summed E-state index contributed by atoms with van der Waals surface area (Å²) in [5.74, 6) is -0.00783. The predicted molar refractivity (Wildman–Crippen MR) is 100 cm³/mol. The van der Waals surface area contributed by atoms with Crippen LogP contribution in [0.3, 0.4) is 0 Å². The fraction of sp³-hybridized carbons (Fsp3) is 0.429. The Labute approximate surface area is 150 Å². The molecule has 0 radical (unpaired) electrons. The number of pyridine rings is 1. The number of nitrogens with zero attached hydrogens (tertiary/aromatic N) is 2. The number of aliphatic hydroxyl groups is 1. The number of benzene rings is 1. The number of rotatable bonds is 7. The summed E-state index contributed by atoms with van der Waals surface area (Å²) < 4.78 is 0. The van der Waals surface area contributed by atoms with Crippen LogP contribution in [0.1, 0.15) is 61.3 Å². The van der Waals surface area contributed by atoms with Crippen LogP contribution in [0.5, 0.6) is 0 Å². The highest BCUT2D eigenvalue weighted by Crippen LogP contribution is 2.23. The second-order valence-electron chi connectivity index (χ2n) is 7.10. The second kappa shape index (κ2) is 8.26. The molecule has 0 fully saturated rings. The summed E-state index contributed by atoms with van der Waals surface area (Å²) in [6.45, 7) is 5.67. The van der Waals surface area contributed by atoms with Gasteiger partial charge in [-0.25, -0.2) is 0 Å². The molecule has 0 unspecified atom stereocenters. The standard InChI is InChI=1S/C21H28N2O2/c1-5-19(18-8-6-7-15-22-18)23(4)20(24)17-11-9-16(10-12-17)13-14-21(2,3)25/h6-12,15,19,25H,5,13-14H2,1-4H3/t19-/m0/s1. The molecule has 4 heteroatoms. The van der Waals surface area contributed by atoms with E-state index in [9.17, 15) is 9.90 Å². The Hall–Kier alpha value is -2.20. The third-order valence-electron chi connectivity index (χ3n) is 4.43. The molecule has 25 heavy (non-hydrogen) atoms. The molecule has 2 rings (SSSR count). The van der Waals surface area contributed by atoms with Gasteiger partial charge in [0, 0.05) is 18.8 Å². The summed E-state index contributed by atoms with van der Waals surface area (Å²) in [4.78, 5) is 19.0. The van der Waals surface area contributed by atoms with E-state index in [2.05, 4.69) is 11.9 Å². The monoisotopic (exact) mass is 340 g/mol. The van der Waals surface area contributed by atoms with Crippen molar-refractivity contribution in [1.82, 2.24) is 9.88 Å². The molecule has 0 saturated heterocycles. The second-order valence-corrected chi connectivity index (χ2v) is 7.10. The van der Waals surface area contributed by atoms with E-state index in [1.807, 2.05) is 63.4 Å². The molecule has 1 aromatic carbocycles. The van der Waals surface area contributed by atoms with Crippen LogP contribution in [-0.4, -0.2) is 33.5 Å². The van der Waals surface area contributed by atoms with Crippen LogP contribution in [0.15, 0.2) is 48.7 Å². The van der Waals surface area contributed by atoms with Crippen molar-refractivity contribution in [1.29, 1.82) is 0 Å². The van der Waals surface area contributed by atoms with E-state index in [4.69, 9.17) is 0 Å². The molecule has 4 nitrogen and oxygen atoms in total. The van der Waals surface area contributed by atoms with E-state index in [0.717, 1.165) is 24.1 Å². The first kappa shape index (κ1) is 19.1. The van der Waals surface area contributed by atoms with E-state index < -0.39 is 5.60 Å². The maximum absolute atomic E-state index is 12.8. The lowest BCUT2D eigenvalue weighted by Crippen LogP contribution is -2.31. The lowest BCUT2D eigenvalue weighted by molar-refractivity contribution is 0.0708. The lowest BCUT2D eigenvalue weighted by atomic mass is 9.98. The number of hydrogen-bond donors (Lipinski definition) is 1. The molecule has 2 aromatic rings. The number of aromatic nitrogens is 1. The summed E-state index contributed by atoms with van der Waals surface area (Å²) >= 11 is 0. The smallest absolute Gasteiger partial charge is 0.254 e. The molecular weight excluding hydrogens is 312 g/mol. The molecule has 1 amide bonds. The number of carbonyl (C=O) groups excluding carboxylic acids is 1. The third kappa shape index (κ3) is 5.40. The quantitative estimate of drug-likeness (QED) is 0.828. The average Bonchev–Trinajstić information content (AvgIpc) is 2.60. The van der Waals surface area contributed by atoms with Gasteiger partial charge in [-0.2, -0.15) is 0 Å². The van der Waals surface area contributed by atoms with Gasteiger partial charge in [0.2, 0.25) is 0 Å². The fourth-order valence-electron chi connectivity index (χ4n) is 2.86. The van der Waals surface area contributed by atoms with Crippen molar-refractivity contribution >= 4 is 5.91 Å². The Morgan fingerprint density at radius 2 is 1.88 bits per heavy atom. The van der Waals surface area contributed by atoms with Gasteiger partial charge in [-0.15, -0.1) is 0 Å². The summed E-state index contributed by atoms with van der Waals surface area (Å²) in [6, 6.07) is 13.4. The van der Waals surface area contributed by atoms with Crippen LogP contribution in [0.25, 0.3) is 0 Å². The van der Waals surface area contributed by atoms with E-state index in [-0.39, 0.29) is 11.9 Å². The van der Waals surface area contributed by atoms with Crippen LogP contribution in [0, 0.1) is 0 Å². The van der Waals surface area contributed by atoms with Gasteiger partial charge >= 0.3 is 0 Å². The zero-order chi connectivity index (χ0) is 18.4. The van der Waals surface area contributed by atoms with Crippen LogP contribution >= 0.6 is 0 Å². The normalized spacial score (nSPS) is 12.7. The van der Waals surface area contributed by atoms with E-state index in [0.29, 0.717) is 12.0 Å². The first-order chi connectivity index (χ1) is 11.8. The predicted octanol–water partition coefficient (Wildman–Crippen LogP) is 4.01. The Morgan fingerprint density at radius 1 is 1.20 bits per heavy atom. The number of carbonyl (C=O) groups is 1. The van der Waals surface area contributed by atoms with E-state index in [1.54, 1.807) is 11.1 Å². The molecule has 1 atom stereocenters. The fourth-order valence-corrected chi connectivity index (χ4v) is 2.86. The van der Waals surface area contributed by atoms with Crippen molar-refractivity contribution in [2.45, 2.75) is 51.7 Å². The van der Waals surface area contributed by atoms with Crippen LogP contribution in [-0.2, 0) is 6.42 Å². The number of aryl methyl sites for hydroxylation is 1. The molecular formula is C21H28N2O2. The lowest BCUT2D eigenvalue weighted by Gasteiger charge is -2.27.